The molecule has 1 aliphatic rings. The molecule has 2 heterocycles. The van der Waals surface area contributed by atoms with E-state index < -0.39 is 18.0 Å². The SMILES string of the molecule is Cc1cccc(-c2noc(CCC(=O)N3CC[C@H](O)[C@@H](C(=O)O)C3)n2)c1. The van der Waals surface area contributed by atoms with Gasteiger partial charge >= 0.3 is 5.97 Å². The molecule has 8 heteroatoms. The lowest BCUT2D eigenvalue weighted by Crippen LogP contribution is -2.48. The number of benzene rings is 1. The Bertz CT molecular complexity index is 804. The Labute approximate surface area is 150 Å². The molecule has 0 saturated carbocycles. The van der Waals surface area contributed by atoms with Gasteiger partial charge in [-0.3, -0.25) is 9.59 Å². The molecule has 0 unspecified atom stereocenters. The normalized spacial score (nSPS) is 20.2. The van der Waals surface area contributed by atoms with Crippen LogP contribution < -0.4 is 0 Å². The van der Waals surface area contributed by atoms with Crippen molar-refractivity contribution in [1.29, 1.82) is 0 Å². The van der Waals surface area contributed by atoms with E-state index in [1.54, 1.807) is 0 Å². The molecule has 8 nitrogen and oxygen atoms in total. The van der Waals surface area contributed by atoms with E-state index in [4.69, 9.17) is 9.63 Å². The molecule has 3 rings (SSSR count). The molecule has 0 spiro atoms. The van der Waals surface area contributed by atoms with E-state index in [1.807, 2.05) is 31.2 Å². The lowest BCUT2D eigenvalue weighted by molar-refractivity contribution is -0.151. The molecule has 1 aromatic carbocycles. The number of likely N-dealkylation sites (tertiary alicyclic amines) is 1. The predicted molar refractivity (Wildman–Crippen MR) is 91.1 cm³/mol. The second-order valence-electron chi connectivity index (χ2n) is 6.52. The maximum Gasteiger partial charge on any atom is 0.310 e. The van der Waals surface area contributed by atoms with Gasteiger partial charge < -0.3 is 19.6 Å². The highest BCUT2D eigenvalue weighted by molar-refractivity contribution is 5.78. The van der Waals surface area contributed by atoms with Crippen LogP contribution in [0, 0.1) is 12.8 Å². The molecule has 138 valence electrons. The summed E-state index contributed by atoms with van der Waals surface area (Å²) in [5.74, 6) is -1.37. The molecule has 1 aliphatic heterocycles. The van der Waals surface area contributed by atoms with E-state index >= 15 is 0 Å². The van der Waals surface area contributed by atoms with E-state index in [-0.39, 0.29) is 31.7 Å². The van der Waals surface area contributed by atoms with Crippen LogP contribution in [0.1, 0.15) is 24.3 Å². The molecule has 1 amide bonds. The Kier molecular flexibility index (Phi) is 5.32. The van der Waals surface area contributed by atoms with Crippen LogP contribution in [0.4, 0.5) is 0 Å². The summed E-state index contributed by atoms with van der Waals surface area (Å²) in [6.07, 6.45) is -0.211. The van der Waals surface area contributed by atoms with Gasteiger partial charge in [-0.15, -0.1) is 0 Å². The molecule has 1 aromatic heterocycles. The average Bonchev–Trinajstić information content (AvgIpc) is 3.09. The molecule has 0 bridgehead atoms. The molecule has 1 saturated heterocycles. The highest BCUT2D eigenvalue weighted by Gasteiger charge is 2.34. The summed E-state index contributed by atoms with van der Waals surface area (Å²) in [6, 6.07) is 7.72. The van der Waals surface area contributed by atoms with Crippen LogP contribution in [0.25, 0.3) is 11.4 Å². The van der Waals surface area contributed by atoms with Gasteiger partial charge in [-0.05, 0) is 19.4 Å². The van der Waals surface area contributed by atoms with Crippen molar-refractivity contribution in [3.8, 4) is 11.4 Å². The van der Waals surface area contributed by atoms with Gasteiger partial charge in [-0.1, -0.05) is 28.9 Å². The number of hydrogen-bond acceptors (Lipinski definition) is 6. The number of aliphatic hydroxyl groups excluding tert-OH is 1. The Morgan fingerprint density at radius 2 is 2.19 bits per heavy atom. The molecule has 2 atom stereocenters. The number of rotatable bonds is 5. The fourth-order valence-electron chi connectivity index (χ4n) is 3.04. The van der Waals surface area contributed by atoms with E-state index in [0.717, 1.165) is 11.1 Å². The predicted octanol–water partition coefficient (Wildman–Crippen LogP) is 1.27. The first kappa shape index (κ1) is 18.1. The van der Waals surface area contributed by atoms with E-state index in [1.165, 1.54) is 4.90 Å². The molecular weight excluding hydrogens is 338 g/mol. The topological polar surface area (TPSA) is 117 Å². The molecule has 2 N–H and O–H groups in total. The summed E-state index contributed by atoms with van der Waals surface area (Å²) in [6.45, 7) is 2.35. The largest absolute Gasteiger partial charge is 0.481 e. The Morgan fingerprint density at radius 3 is 2.92 bits per heavy atom. The molecule has 0 aliphatic carbocycles. The number of hydrogen-bond donors (Lipinski definition) is 2. The van der Waals surface area contributed by atoms with E-state index in [9.17, 15) is 14.7 Å². The summed E-state index contributed by atoms with van der Waals surface area (Å²) in [5, 5.41) is 22.8. The zero-order valence-corrected chi connectivity index (χ0v) is 14.5. The highest BCUT2D eigenvalue weighted by Crippen LogP contribution is 2.20. The van der Waals surface area contributed by atoms with Crippen molar-refractivity contribution in [2.75, 3.05) is 13.1 Å². The van der Waals surface area contributed by atoms with Crippen molar-refractivity contribution in [3.05, 3.63) is 35.7 Å². The number of carboxylic acids is 1. The van der Waals surface area contributed by atoms with Gasteiger partial charge in [0.2, 0.25) is 17.6 Å². The van der Waals surface area contributed by atoms with Crippen molar-refractivity contribution in [2.24, 2.45) is 5.92 Å². The van der Waals surface area contributed by atoms with Gasteiger partial charge in [0.25, 0.3) is 0 Å². The molecule has 2 aromatic rings. The van der Waals surface area contributed by atoms with Crippen LogP contribution in [0.2, 0.25) is 0 Å². The number of carboxylic acid groups (broad SMARTS) is 1. The van der Waals surface area contributed by atoms with Gasteiger partial charge in [0.15, 0.2) is 0 Å². The van der Waals surface area contributed by atoms with Gasteiger partial charge in [0.05, 0.1) is 6.10 Å². The van der Waals surface area contributed by atoms with E-state index in [2.05, 4.69) is 10.1 Å². The number of aliphatic hydroxyl groups is 1. The number of piperidine rings is 1. The number of aliphatic carboxylic acids is 1. The minimum Gasteiger partial charge on any atom is -0.481 e. The second kappa shape index (κ2) is 7.65. The van der Waals surface area contributed by atoms with Gasteiger partial charge in [-0.25, -0.2) is 0 Å². The first-order valence-corrected chi connectivity index (χ1v) is 8.52. The summed E-state index contributed by atoms with van der Waals surface area (Å²) in [7, 11) is 0. The second-order valence-corrected chi connectivity index (χ2v) is 6.52. The number of carbonyl (C=O) groups excluding carboxylic acids is 1. The third-order valence-corrected chi connectivity index (χ3v) is 4.54. The lowest BCUT2D eigenvalue weighted by atomic mass is 9.94. The van der Waals surface area contributed by atoms with Crippen molar-refractivity contribution < 1.29 is 24.3 Å². The van der Waals surface area contributed by atoms with E-state index in [0.29, 0.717) is 18.3 Å². The van der Waals surface area contributed by atoms with Gasteiger partial charge in [0.1, 0.15) is 5.92 Å². The number of amides is 1. The van der Waals surface area contributed by atoms with Crippen LogP contribution in [-0.4, -0.2) is 56.3 Å². The summed E-state index contributed by atoms with van der Waals surface area (Å²) in [4.78, 5) is 29.3. The molecular formula is C18H21N3O5. The number of aryl methyl sites for hydroxylation is 2. The van der Waals surface area contributed by atoms with Crippen molar-refractivity contribution >= 4 is 11.9 Å². The minimum absolute atomic E-state index is 0.0215. The number of carbonyl (C=O) groups is 2. The molecule has 0 radical (unpaired) electrons. The highest BCUT2D eigenvalue weighted by atomic mass is 16.5. The van der Waals surface area contributed by atoms with Crippen LogP contribution in [0.3, 0.4) is 0 Å². The molecule has 1 fully saturated rings. The quantitative estimate of drug-likeness (QED) is 0.825. The van der Waals surface area contributed by atoms with Crippen molar-refractivity contribution in [1.82, 2.24) is 15.0 Å². The first-order chi connectivity index (χ1) is 12.4. The summed E-state index contributed by atoms with van der Waals surface area (Å²) >= 11 is 0. The monoisotopic (exact) mass is 359 g/mol. The van der Waals surface area contributed by atoms with Gasteiger partial charge in [-0.2, -0.15) is 4.98 Å². The van der Waals surface area contributed by atoms with Crippen LogP contribution in [0.5, 0.6) is 0 Å². The zero-order valence-electron chi connectivity index (χ0n) is 14.5. The summed E-state index contributed by atoms with van der Waals surface area (Å²) < 4.78 is 5.21. The first-order valence-electron chi connectivity index (χ1n) is 8.52. The van der Waals surface area contributed by atoms with Crippen LogP contribution >= 0.6 is 0 Å². The van der Waals surface area contributed by atoms with Crippen LogP contribution in [0.15, 0.2) is 28.8 Å². The fraction of sp³-hybridized carbons (Fsp3) is 0.444. The van der Waals surface area contributed by atoms with Gasteiger partial charge in [0, 0.05) is 31.5 Å². The molecule has 26 heavy (non-hydrogen) atoms. The average molecular weight is 359 g/mol. The maximum absolute atomic E-state index is 12.3. The van der Waals surface area contributed by atoms with Crippen LogP contribution in [-0.2, 0) is 16.0 Å². The Hall–Kier alpha value is -2.74. The Morgan fingerprint density at radius 1 is 1.38 bits per heavy atom. The zero-order chi connectivity index (χ0) is 18.7. The number of aromatic nitrogens is 2. The van der Waals surface area contributed by atoms with Crippen molar-refractivity contribution in [3.63, 3.8) is 0 Å². The number of nitrogens with zero attached hydrogens (tertiary/aromatic N) is 3. The standard InChI is InChI=1S/C18H21N3O5/c1-11-3-2-4-12(9-11)17-19-15(26-20-17)5-6-16(23)21-8-7-14(22)13(10-21)18(24)25/h2-4,9,13-14,22H,5-8,10H2,1H3,(H,24,25)/t13-,14-/m0/s1. The third-order valence-electron chi connectivity index (χ3n) is 4.54. The Balaban J connectivity index is 1.57. The lowest BCUT2D eigenvalue weighted by Gasteiger charge is -2.34. The summed E-state index contributed by atoms with van der Waals surface area (Å²) in [5.41, 5.74) is 1.94. The minimum atomic E-state index is -1.09. The third kappa shape index (κ3) is 4.08. The fourth-order valence-corrected chi connectivity index (χ4v) is 3.04. The smallest absolute Gasteiger partial charge is 0.310 e. The maximum atomic E-state index is 12.3. The van der Waals surface area contributed by atoms with Crippen molar-refractivity contribution in [2.45, 2.75) is 32.3 Å².